The summed E-state index contributed by atoms with van der Waals surface area (Å²) in [6, 6.07) is 2.38. The third-order valence-corrected chi connectivity index (χ3v) is 5.93. The normalized spacial score (nSPS) is 22.1. The SMILES string of the molecule is CN(C1CCCC1)C1C=CC(=O)N(CC(=O)Nc2cnc3c(c2)NCC=C3)N1C. The van der Waals surface area contributed by atoms with Crippen molar-refractivity contribution in [1.29, 1.82) is 0 Å². The zero-order chi connectivity index (χ0) is 20.4. The van der Waals surface area contributed by atoms with Gasteiger partial charge in [-0.15, -0.1) is 0 Å². The number of anilines is 2. The van der Waals surface area contributed by atoms with Gasteiger partial charge in [0.15, 0.2) is 0 Å². The Hall–Kier alpha value is -2.71. The van der Waals surface area contributed by atoms with E-state index < -0.39 is 0 Å². The molecule has 8 nitrogen and oxygen atoms in total. The monoisotopic (exact) mass is 396 g/mol. The summed E-state index contributed by atoms with van der Waals surface area (Å²) in [5, 5.41) is 9.44. The molecule has 2 N–H and O–H groups in total. The summed E-state index contributed by atoms with van der Waals surface area (Å²) in [4.78, 5) is 31.7. The molecular formula is C21H28N6O2. The van der Waals surface area contributed by atoms with Gasteiger partial charge < -0.3 is 10.6 Å². The van der Waals surface area contributed by atoms with Gasteiger partial charge in [-0.05, 0) is 38.1 Å². The number of hydrogen-bond acceptors (Lipinski definition) is 6. The van der Waals surface area contributed by atoms with Crippen LogP contribution in [0.1, 0.15) is 31.4 Å². The number of carbonyl (C=O) groups is 2. The highest BCUT2D eigenvalue weighted by Crippen LogP contribution is 2.27. The summed E-state index contributed by atoms with van der Waals surface area (Å²) in [6.07, 6.45) is 13.9. The van der Waals surface area contributed by atoms with Gasteiger partial charge >= 0.3 is 0 Å². The minimum atomic E-state index is -0.254. The van der Waals surface area contributed by atoms with E-state index in [0.717, 1.165) is 17.9 Å². The zero-order valence-corrected chi connectivity index (χ0v) is 17.0. The molecule has 1 aromatic rings. The highest BCUT2D eigenvalue weighted by atomic mass is 16.2. The van der Waals surface area contributed by atoms with E-state index in [1.807, 2.05) is 36.4 Å². The molecule has 0 bridgehead atoms. The largest absolute Gasteiger partial charge is 0.380 e. The Balaban J connectivity index is 1.41. The predicted octanol–water partition coefficient (Wildman–Crippen LogP) is 1.90. The average Bonchev–Trinajstić information content (AvgIpc) is 3.25. The van der Waals surface area contributed by atoms with Crippen molar-refractivity contribution in [3.8, 4) is 0 Å². The number of amides is 2. The van der Waals surface area contributed by atoms with Crippen LogP contribution in [0.3, 0.4) is 0 Å². The lowest BCUT2D eigenvalue weighted by atomic mass is 10.2. The zero-order valence-electron chi connectivity index (χ0n) is 17.0. The highest BCUT2D eigenvalue weighted by Gasteiger charge is 2.34. The smallest absolute Gasteiger partial charge is 0.261 e. The van der Waals surface area contributed by atoms with E-state index in [-0.39, 0.29) is 24.5 Å². The van der Waals surface area contributed by atoms with Crippen LogP contribution in [0, 0.1) is 0 Å². The van der Waals surface area contributed by atoms with E-state index >= 15 is 0 Å². The maximum atomic E-state index is 12.6. The molecule has 154 valence electrons. The molecule has 0 aromatic carbocycles. The Morgan fingerprint density at radius 3 is 2.93 bits per heavy atom. The lowest BCUT2D eigenvalue weighted by molar-refractivity contribution is -0.156. The highest BCUT2D eigenvalue weighted by molar-refractivity contribution is 5.97. The quantitative estimate of drug-likeness (QED) is 0.791. The van der Waals surface area contributed by atoms with Crippen LogP contribution in [-0.2, 0) is 9.59 Å². The molecule has 1 fully saturated rings. The van der Waals surface area contributed by atoms with Crippen molar-refractivity contribution in [1.82, 2.24) is 19.9 Å². The van der Waals surface area contributed by atoms with Crippen LogP contribution in [0.4, 0.5) is 11.4 Å². The second-order valence-corrected chi connectivity index (χ2v) is 7.83. The lowest BCUT2D eigenvalue weighted by Crippen LogP contribution is -2.59. The Morgan fingerprint density at radius 2 is 2.14 bits per heavy atom. The van der Waals surface area contributed by atoms with Crippen molar-refractivity contribution in [3.05, 3.63) is 36.2 Å². The van der Waals surface area contributed by atoms with Crippen molar-refractivity contribution in [3.63, 3.8) is 0 Å². The molecular weight excluding hydrogens is 368 g/mol. The fraction of sp³-hybridized carbons (Fsp3) is 0.476. The van der Waals surface area contributed by atoms with Crippen LogP contribution in [0.15, 0.2) is 30.5 Å². The third-order valence-electron chi connectivity index (χ3n) is 5.93. The second kappa shape index (κ2) is 8.34. The predicted molar refractivity (Wildman–Crippen MR) is 113 cm³/mol. The molecule has 0 saturated heterocycles. The maximum absolute atomic E-state index is 12.6. The molecule has 1 aromatic heterocycles. The van der Waals surface area contributed by atoms with E-state index in [1.54, 1.807) is 12.3 Å². The summed E-state index contributed by atoms with van der Waals surface area (Å²) < 4.78 is 0. The van der Waals surface area contributed by atoms with E-state index in [2.05, 4.69) is 27.6 Å². The van der Waals surface area contributed by atoms with Crippen LogP contribution in [0.25, 0.3) is 6.08 Å². The Kier molecular flexibility index (Phi) is 5.64. The number of aromatic nitrogens is 1. The number of carbonyl (C=O) groups excluding carboxylic acids is 2. The Morgan fingerprint density at radius 1 is 1.34 bits per heavy atom. The molecule has 0 spiro atoms. The number of fused-ring (bicyclic) bond motifs is 1. The van der Waals surface area contributed by atoms with Crippen LogP contribution >= 0.6 is 0 Å². The Labute approximate surface area is 171 Å². The van der Waals surface area contributed by atoms with Gasteiger partial charge in [0.05, 0.1) is 29.4 Å². The van der Waals surface area contributed by atoms with E-state index in [4.69, 9.17) is 0 Å². The molecule has 1 unspecified atom stereocenters. The molecule has 1 aliphatic carbocycles. The molecule has 8 heteroatoms. The van der Waals surface area contributed by atoms with E-state index in [9.17, 15) is 9.59 Å². The molecule has 2 aliphatic heterocycles. The van der Waals surface area contributed by atoms with E-state index in [1.165, 1.54) is 30.7 Å². The average molecular weight is 396 g/mol. The molecule has 2 amide bonds. The first kappa shape index (κ1) is 19.6. The van der Waals surface area contributed by atoms with Crippen molar-refractivity contribution >= 4 is 29.3 Å². The summed E-state index contributed by atoms with van der Waals surface area (Å²) >= 11 is 0. The van der Waals surface area contributed by atoms with Gasteiger partial charge in [-0.3, -0.25) is 24.5 Å². The van der Waals surface area contributed by atoms with Gasteiger partial charge in [-0.25, -0.2) is 0 Å². The topological polar surface area (TPSA) is 80.8 Å². The summed E-state index contributed by atoms with van der Waals surface area (Å²) in [6.45, 7) is 0.695. The first-order valence-electron chi connectivity index (χ1n) is 10.2. The first-order valence-corrected chi connectivity index (χ1v) is 10.2. The summed E-state index contributed by atoms with van der Waals surface area (Å²) in [5.74, 6) is -0.440. The minimum absolute atomic E-state index is 0.0370. The lowest BCUT2D eigenvalue weighted by Gasteiger charge is -2.44. The number of nitrogens with one attached hydrogen (secondary N) is 2. The number of likely N-dealkylation sites (N-methyl/N-ethyl adjacent to an activating group) is 2. The first-order chi connectivity index (χ1) is 14.0. The number of pyridine rings is 1. The van der Waals surface area contributed by atoms with Gasteiger partial charge in [0.2, 0.25) is 5.91 Å². The van der Waals surface area contributed by atoms with Gasteiger partial charge in [-0.2, -0.15) is 5.01 Å². The molecule has 1 saturated carbocycles. The summed E-state index contributed by atoms with van der Waals surface area (Å²) in [7, 11) is 3.96. The number of hydrogen-bond donors (Lipinski definition) is 2. The van der Waals surface area contributed by atoms with Crippen molar-refractivity contribution in [2.24, 2.45) is 0 Å². The number of nitrogens with zero attached hydrogens (tertiary/aromatic N) is 4. The summed E-state index contributed by atoms with van der Waals surface area (Å²) in [5.41, 5.74) is 2.35. The van der Waals surface area contributed by atoms with Crippen molar-refractivity contribution in [2.75, 3.05) is 37.8 Å². The minimum Gasteiger partial charge on any atom is -0.380 e. The fourth-order valence-electron chi connectivity index (χ4n) is 4.29. The van der Waals surface area contributed by atoms with Crippen LogP contribution in [0.5, 0.6) is 0 Å². The van der Waals surface area contributed by atoms with Gasteiger partial charge in [0, 0.05) is 25.7 Å². The van der Waals surface area contributed by atoms with Crippen molar-refractivity contribution < 1.29 is 9.59 Å². The number of hydrazine groups is 1. The molecule has 4 rings (SSSR count). The van der Waals surface area contributed by atoms with Gasteiger partial charge in [0.1, 0.15) is 6.54 Å². The van der Waals surface area contributed by atoms with Gasteiger partial charge in [0.25, 0.3) is 5.91 Å². The second-order valence-electron chi connectivity index (χ2n) is 7.83. The number of rotatable bonds is 5. The molecule has 29 heavy (non-hydrogen) atoms. The molecule has 0 radical (unpaired) electrons. The van der Waals surface area contributed by atoms with Gasteiger partial charge in [-0.1, -0.05) is 18.9 Å². The van der Waals surface area contributed by atoms with Crippen LogP contribution < -0.4 is 10.6 Å². The fourth-order valence-corrected chi connectivity index (χ4v) is 4.29. The van der Waals surface area contributed by atoms with Crippen LogP contribution in [0.2, 0.25) is 0 Å². The van der Waals surface area contributed by atoms with E-state index in [0.29, 0.717) is 11.7 Å². The molecule has 1 atom stereocenters. The standard InChI is InChI=1S/C21H28N6O2/c1-25(16-6-3-4-7-16)20-9-10-21(29)27(26(20)2)14-19(28)24-15-12-18-17(23-13-15)8-5-11-22-18/h5,8-10,12-13,16,20,22H,3-4,6-7,11,14H2,1-2H3,(H,24,28). The third kappa shape index (κ3) is 4.18. The molecule has 3 heterocycles. The van der Waals surface area contributed by atoms with Crippen LogP contribution in [-0.4, -0.2) is 71.1 Å². The van der Waals surface area contributed by atoms with Crippen molar-refractivity contribution in [2.45, 2.75) is 37.9 Å². The Bertz CT molecular complexity index is 846. The molecule has 3 aliphatic rings. The maximum Gasteiger partial charge on any atom is 0.261 e.